The fraction of sp³-hybridized carbons (Fsp3) is 0.0455. The molecule has 6 heteroatoms. The van der Waals surface area contributed by atoms with Crippen LogP contribution < -0.4 is 5.56 Å². The van der Waals surface area contributed by atoms with E-state index in [9.17, 15) is 9.18 Å². The van der Waals surface area contributed by atoms with Gasteiger partial charge in [-0.25, -0.2) is 4.39 Å². The summed E-state index contributed by atoms with van der Waals surface area (Å²) in [6, 6.07) is 20.9. The molecule has 0 bridgehead atoms. The summed E-state index contributed by atoms with van der Waals surface area (Å²) in [6.45, 7) is 0. The Labute approximate surface area is 160 Å². The number of hydrogen-bond donors (Lipinski definition) is 0. The maximum absolute atomic E-state index is 13.3. The zero-order valence-corrected chi connectivity index (χ0v) is 15.1. The quantitative estimate of drug-likeness (QED) is 0.514. The minimum Gasteiger partial charge on any atom is -0.412 e. The van der Waals surface area contributed by atoms with Crippen molar-refractivity contribution in [1.29, 1.82) is 0 Å². The second-order valence-electron chi connectivity index (χ2n) is 6.10. The Morgan fingerprint density at radius 2 is 1.57 bits per heavy atom. The summed E-state index contributed by atoms with van der Waals surface area (Å²) in [5.74, 6) is -0.360. The van der Waals surface area contributed by atoms with Crippen LogP contribution in [0.25, 0.3) is 27.7 Å². The molecule has 4 aromatic rings. The summed E-state index contributed by atoms with van der Waals surface area (Å²) in [4.78, 5) is 16.9. The number of hydrogen-bond acceptors (Lipinski definition) is 3. The second kappa shape index (κ2) is 7.94. The van der Waals surface area contributed by atoms with Crippen LogP contribution in [-0.4, -0.2) is 28.5 Å². The minimum absolute atomic E-state index is 0. The first kappa shape index (κ1) is 19.1. The van der Waals surface area contributed by atoms with E-state index in [0.717, 1.165) is 16.5 Å². The van der Waals surface area contributed by atoms with Crippen LogP contribution in [0.4, 0.5) is 4.39 Å². The van der Waals surface area contributed by atoms with Gasteiger partial charge in [-0.1, -0.05) is 42.5 Å². The van der Waals surface area contributed by atoms with E-state index in [-0.39, 0.29) is 16.9 Å². The van der Waals surface area contributed by atoms with E-state index < -0.39 is 0 Å². The van der Waals surface area contributed by atoms with Crippen molar-refractivity contribution in [2.45, 2.75) is 0 Å². The zero-order chi connectivity index (χ0) is 18.8. The molecule has 0 fully saturated rings. The average Bonchev–Trinajstić information content (AvgIpc) is 2.70. The number of fused-ring (bicyclic) bond motifs is 1. The van der Waals surface area contributed by atoms with Gasteiger partial charge in [0.15, 0.2) is 0 Å². The molecule has 2 N–H and O–H groups in total. The van der Waals surface area contributed by atoms with E-state index in [4.69, 9.17) is 0 Å². The SMILES string of the molecule is C/N=C/c1ccc(-c2nn(-c3ccc(F)cc3)c(=O)c3ccccc23)cc1.O. The second-order valence-corrected chi connectivity index (χ2v) is 6.10. The van der Waals surface area contributed by atoms with Crippen LogP contribution in [0.5, 0.6) is 0 Å². The molecule has 4 rings (SSSR count). The van der Waals surface area contributed by atoms with Crippen molar-refractivity contribution in [3.8, 4) is 16.9 Å². The highest BCUT2D eigenvalue weighted by Crippen LogP contribution is 2.25. The third-order valence-electron chi connectivity index (χ3n) is 4.34. The number of aliphatic imine (C=N–C) groups is 1. The van der Waals surface area contributed by atoms with Crippen molar-refractivity contribution in [3.63, 3.8) is 0 Å². The van der Waals surface area contributed by atoms with Crippen LogP contribution in [0.1, 0.15) is 5.56 Å². The first-order valence-corrected chi connectivity index (χ1v) is 8.48. The molecule has 3 aromatic carbocycles. The number of halogens is 1. The van der Waals surface area contributed by atoms with E-state index in [2.05, 4.69) is 10.1 Å². The van der Waals surface area contributed by atoms with E-state index in [1.165, 1.54) is 16.8 Å². The highest BCUT2D eigenvalue weighted by atomic mass is 19.1. The van der Waals surface area contributed by atoms with Gasteiger partial charge >= 0.3 is 0 Å². The van der Waals surface area contributed by atoms with Crippen molar-refractivity contribution in [2.75, 3.05) is 7.05 Å². The van der Waals surface area contributed by atoms with Crippen LogP contribution in [0.2, 0.25) is 0 Å². The lowest BCUT2D eigenvalue weighted by Gasteiger charge is -2.11. The lowest BCUT2D eigenvalue weighted by molar-refractivity contribution is 0.626. The van der Waals surface area contributed by atoms with Crippen LogP contribution in [0, 0.1) is 5.82 Å². The molecule has 28 heavy (non-hydrogen) atoms. The molecule has 0 aliphatic carbocycles. The molecule has 0 saturated heterocycles. The van der Waals surface area contributed by atoms with E-state index in [1.807, 2.05) is 42.5 Å². The largest absolute Gasteiger partial charge is 0.412 e. The topological polar surface area (TPSA) is 78.8 Å². The summed E-state index contributed by atoms with van der Waals surface area (Å²) < 4.78 is 14.6. The van der Waals surface area contributed by atoms with Crippen molar-refractivity contribution >= 4 is 17.0 Å². The van der Waals surface area contributed by atoms with Crippen LogP contribution >= 0.6 is 0 Å². The van der Waals surface area contributed by atoms with Gasteiger partial charge in [0.05, 0.1) is 16.8 Å². The molecule has 0 aliphatic heterocycles. The molecule has 0 saturated carbocycles. The lowest BCUT2D eigenvalue weighted by Crippen LogP contribution is -2.22. The molecular formula is C22H18FN3O2. The lowest BCUT2D eigenvalue weighted by atomic mass is 10.0. The van der Waals surface area contributed by atoms with Gasteiger partial charge in [0, 0.05) is 24.2 Å². The van der Waals surface area contributed by atoms with Crippen LogP contribution in [0.15, 0.2) is 82.6 Å². The number of nitrogens with zero attached hydrogens (tertiary/aromatic N) is 3. The smallest absolute Gasteiger partial charge is 0.279 e. The van der Waals surface area contributed by atoms with Gasteiger partial charge < -0.3 is 5.48 Å². The maximum Gasteiger partial charge on any atom is 0.279 e. The number of aromatic nitrogens is 2. The zero-order valence-electron chi connectivity index (χ0n) is 15.1. The summed E-state index contributed by atoms with van der Waals surface area (Å²) in [5.41, 5.74) is 2.83. The van der Waals surface area contributed by atoms with Gasteiger partial charge in [-0.2, -0.15) is 9.78 Å². The van der Waals surface area contributed by atoms with Crippen LogP contribution in [-0.2, 0) is 0 Å². The van der Waals surface area contributed by atoms with Gasteiger partial charge in [0.25, 0.3) is 5.56 Å². The van der Waals surface area contributed by atoms with Gasteiger partial charge in [-0.05, 0) is 35.9 Å². The van der Waals surface area contributed by atoms with Crippen LogP contribution in [0.3, 0.4) is 0 Å². The van der Waals surface area contributed by atoms with Crippen molar-refractivity contribution in [1.82, 2.24) is 9.78 Å². The van der Waals surface area contributed by atoms with E-state index in [1.54, 1.807) is 31.5 Å². The first-order chi connectivity index (χ1) is 13.2. The molecule has 140 valence electrons. The Morgan fingerprint density at radius 1 is 0.929 bits per heavy atom. The standard InChI is InChI=1S/C22H16FN3O.H2O/c1-24-14-15-6-8-16(9-7-15)21-19-4-2-3-5-20(19)22(27)26(25-21)18-12-10-17(23)11-13-18;/h2-14H,1H3;1H2/b24-14+;. The van der Waals surface area contributed by atoms with Gasteiger partial charge in [0.2, 0.25) is 0 Å². The molecule has 0 atom stereocenters. The Bertz CT molecular complexity index is 1200. The van der Waals surface area contributed by atoms with E-state index >= 15 is 0 Å². The number of rotatable bonds is 3. The third kappa shape index (κ3) is 3.45. The molecule has 0 spiro atoms. The maximum atomic E-state index is 13.3. The Morgan fingerprint density at radius 3 is 2.21 bits per heavy atom. The normalized spacial score (nSPS) is 10.9. The van der Waals surface area contributed by atoms with E-state index in [0.29, 0.717) is 16.8 Å². The highest BCUT2D eigenvalue weighted by molar-refractivity contribution is 5.94. The number of benzene rings is 3. The Balaban J connectivity index is 0.00000225. The predicted octanol–water partition coefficient (Wildman–Crippen LogP) is 3.42. The molecule has 5 nitrogen and oxygen atoms in total. The molecule has 1 aromatic heterocycles. The predicted molar refractivity (Wildman–Crippen MR) is 110 cm³/mol. The van der Waals surface area contributed by atoms with Crippen molar-refractivity contribution in [3.05, 3.63) is 94.5 Å². The summed E-state index contributed by atoms with van der Waals surface area (Å²) in [6.07, 6.45) is 1.77. The average molecular weight is 375 g/mol. The fourth-order valence-corrected chi connectivity index (χ4v) is 3.04. The first-order valence-electron chi connectivity index (χ1n) is 8.48. The van der Waals surface area contributed by atoms with Crippen molar-refractivity contribution in [2.24, 2.45) is 4.99 Å². The molecular weight excluding hydrogens is 357 g/mol. The molecule has 0 amide bonds. The fourth-order valence-electron chi connectivity index (χ4n) is 3.04. The Kier molecular flexibility index (Phi) is 5.42. The van der Waals surface area contributed by atoms with Gasteiger partial charge in [-0.3, -0.25) is 9.79 Å². The monoisotopic (exact) mass is 375 g/mol. The van der Waals surface area contributed by atoms with Gasteiger partial charge in [0.1, 0.15) is 5.82 Å². The molecule has 1 heterocycles. The summed E-state index contributed by atoms with van der Waals surface area (Å²) in [7, 11) is 1.72. The Hall–Kier alpha value is -3.64. The molecule has 0 aliphatic rings. The van der Waals surface area contributed by atoms with Gasteiger partial charge in [-0.15, -0.1) is 0 Å². The minimum atomic E-state index is -0.360. The van der Waals surface area contributed by atoms with Crippen molar-refractivity contribution < 1.29 is 9.87 Å². The molecule has 0 radical (unpaired) electrons. The summed E-state index contributed by atoms with van der Waals surface area (Å²) >= 11 is 0. The summed E-state index contributed by atoms with van der Waals surface area (Å²) in [5, 5.41) is 5.93. The highest BCUT2D eigenvalue weighted by Gasteiger charge is 2.13. The third-order valence-corrected chi connectivity index (χ3v) is 4.34. The molecule has 0 unspecified atom stereocenters.